The highest BCUT2D eigenvalue weighted by atomic mass is 16.5. The van der Waals surface area contributed by atoms with Gasteiger partial charge in [0.1, 0.15) is 6.54 Å². The lowest BCUT2D eigenvalue weighted by Gasteiger charge is -2.22. The van der Waals surface area contributed by atoms with Crippen LogP contribution >= 0.6 is 0 Å². The molecule has 126 valence electrons. The van der Waals surface area contributed by atoms with Gasteiger partial charge in [0.25, 0.3) is 5.91 Å². The third-order valence-corrected chi connectivity index (χ3v) is 5.27. The molecule has 0 radical (unpaired) electrons. The van der Waals surface area contributed by atoms with Gasteiger partial charge < -0.3 is 4.74 Å². The lowest BCUT2D eigenvalue weighted by Crippen LogP contribution is -2.35. The monoisotopic (exact) mass is 326 g/mol. The van der Waals surface area contributed by atoms with E-state index in [0.717, 1.165) is 12.3 Å². The van der Waals surface area contributed by atoms with Crippen molar-refractivity contribution in [2.45, 2.75) is 32.1 Å². The van der Waals surface area contributed by atoms with Crippen LogP contribution in [-0.4, -0.2) is 25.0 Å². The van der Waals surface area contributed by atoms with Crippen LogP contribution in [0.25, 0.3) is 0 Å². The second-order valence-electron chi connectivity index (χ2n) is 6.77. The minimum Gasteiger partial charge on any atom is -0.456 e. The first-order valence-corrected chi connectivity index (χ1v) is 8.55. The molecule has 2 aliphatic rings. The molecule has 0 N–H and O–H groups in total. The van der Waals surface area contributed by atoms with E-state index in [-0.39, 0.29) is 25.0 Å². The summed E-state index contributed by atoms with van der Waals surface area (Å²) in [5, 5.41) is 8.92. The molecule has 0 aromatic heterocycles. The zero-order valence-corrected chi connectivity index (χ0v) is 13.7. The number of nitriles is 1. The first kappa shape index (κ1) is 16.5. The fourth-order valence-electron chi connectivity index (χ4n) is 4.12. The summed E-state index contributed by atoms with van der Waals surface area (Å²) < 4.78 is 5.18. The maximum atomic E-state index is 12.3. The first-order chi connectivity index (χ1) is 11.7. The average molecular weight is 326 g/mol. The van der Waals surface area contributed by atoms with Crippen molar-refractivity contribution < 1.29 is 14.3 Å². The van der Waals surface area contributed by atoms with Crippen LogP contribution in [0.4, 0.5) is 5.69 Å². The van der Waals surface area contributed by atoms with E-state index in [0.29, 0.717) is 23.9 Å². The molecule has 24 heavy (non-hydrogen) atoms. The van der Waals surface area contributed by atoms with Gasteiger partial charge in [-0.15, -0.1) is 0 Å². The highest BCUT2D eigenvalue weighted by molar-refractivity contribution is 5.95. The van der Waals surface area contributed by atoms with Crippen LogP contribution in [0, 0.1) is 29.1 Å². The third kappa shape index (κ3) is 3.76. The number of esters is 1. The molecule has 1 amide bonds. The molecule has 0 saturated heterocycles. The van der Waals surface area contributed by atoms with Gasteiger partial charge in [-0.05, 0) is 49.1 Å². The van der Waals surface area contributed by atoms with Gasteiger partial charge in [-0.3, -0.25) is 14.5 Å². The highest BCUT2D eigenvalue weighted by Crippen LogP contribution is 2.49. The van der Waals surface area contributed by atoms with E-state index < -0.39 is 0 Å². The maximum Gasteiger partial charge on any atom is 0.306 e. The third-order valence-electron chi connectivity index (χ3n) is 5.27. The van der Waals surface area contributed by atoms with Crippen molar-refractivity contribution in [3.8, 4) is 6.07 Å². The number of benzene rings is 1. The molecule has 1 aromatic carbocycles. The van der Waals surface area contributed by atoms with Crippen LogP contribution in [0.15, 0.2) is 30.3 Å². The van der Waals surface area contributed by atoms with Gasteiger partial charge in [0.05, 0.1) is 6.07 Å². The van der Waals surface area contributed by atoms with Crippen LogP contribution in [0.2, 0.25) is 0 Å². The average Bonchev–Trinajstić information content (AvgIpc) is 3.21. The van der Waals surface area contributed by atoms with Gasteiger partial charge in [0.15, 0.2) is 6.61 Å². The topological polar surface area (TPSA) is 70.4 Å². The Morgan fingerprint density at radius 1 is 1.21 bits per heavy atom. The van der Waals surface area contributed by atoms with Crippen LogP contribution in [0.5, 0.6) is 0 Å². The van der Waals surface area contributed by atoms with Gasteiger partial charge in [-0.2, -0.15) is 5.26 Å². The van der Waals surface area contributed by atoms with E-state index >= 15 is 0 Å². The largest absolute Gasteiger partial charge is 0.456 e. The van der Waals surface area contributed by atoms with E-state index in [1.165, 1.54) is 24.2 Å². The number of carbonyl (C=O) groups excluding carboxylic acids is 2. The molecule has 0 heterocycles. The van der Waals surface area contributed by atoms with E-state index in [1.807, 2.05) is 12.1 Å². The minimum atomic E-state index is -0.371. The summed E-state index contributed by atoms with van der Waals surface area (Å²) in [6.07, 6.45) is 5.32. The molecule has 0 aliphatic heterocycles. The summed E-state index contributed by atoms with van der Waals surface area (Å²) >= 11 is 0. The van der Waals surface area contributed by atoms with Gasteiger partial charge in [0, 0.05) is 12.1 Å². The number of para-hydroxylation sites is 1. The van der Waals surface area contributed by atoms with E-state index in [4.69, 9.17) is 10.00 Å². The number of ether oxygens (including phenoxy) is 1. The number of carbonyl (C=O) groups is 2. The molecule has 2 saturated carbocycles. The van der Waals surface area contributed by atoms with Crippen molar-refractivity contribution in [2.75, 3.05) is 18.1 Å². The Morgan fingerprint density at radius 3 is 2.62 bits per heavy atom. The molecule has 2 aliphatic carbocycles. The van der Waals surface area contributed by atoms with Crippen molar-refractivity contribution in [1.29, 1.82) is 5.26 Å². The second kappa shape index (κ2) is 7.48. The number of hydrogen-bond donors (Lipinski definition) is 0. The van der Waals surface area contributed by atoms with E-state index in [1.54, 1.807) is 24.3 Å². The zero-order valence-electron chi connectivity index (χ0n) is 13.7. The lowest BCUT2D eigenvalue weighted by molar-refractivity contribution is -0.149. The predicted molar refractivity (Wildman–Crippen MR) is 88.9 cm³/mol. The lowest BCUT2D eigenvalue weighted by atomic mass is 9.86. The Hall–Kier alpha value is -2.35. The summed E-state index contributed by atoms with van der Waals surface area (Å²) in [5.41, 5.74) is 0.633. The van der Waals surface area contributed by atoms with Crippen molar-refractivity contribution in [3.63, 3.8) is 0 Å². The molecule has 1 aromatic rings. The fourth-order valence-corrected chi connectivity index (χ4v) is 4.12. The first-order valence-electron chi connectivity index (χ1n) is 8.55. The summed E-state index contributed by atoms with van der Waals surface area (Å²) in [7, 11) is 0. The van der Waals surface area contributed by atoms with Gasteiger partial charge >= 0.3 is 5.97 Å². The molecule has 0 spiro atoms. The van der Waals surface area contributed by atoms with Crippen LogP contribution in [0.1, 0.15) is 32.1 Å². The Morgan fingerprint density at radius 2 is 2.00 bits per heavy atom. The van der Waals surface area contributed by atoms with Crippen molar-refractivity contribution in [2.24, 2.45) is 17.8 Å². The summed E-state index contributed by atoms with van der Waals surface area (Å²) in [4.78, 5) is 25.7. The smallest absolute Gasteiger partial charge is 0.306 e. The zero-order chi connectivity index (χ0) is 16.9. The minimum absolute atomic E-state index is 0.0627. The predicted octanol–water partition coefficient (Wildman–Crippen LogP) is 2.91. The molecular formula is C19H22N2O3. The number of anilines is 1. The number of fused-ring (bicyclic) bond motifs is 2. The maximum absolute atomic E-state index is 12.3. The number of rotatable bonds is 6. The van der Waals surface area contributed by atoms with Crippen molar-refractivity contribution in [1.82, 2.24) is 0 Å². The second-order valence-corrected chi connectivity index (χ2v) is 6.77. The molecule has 2 bridgehead atoms. The fraction of sp³-hybridized carbons (Fsp3) is 0.526. The molecule has 5 nitrogen and oxygen atoms in total. The summed E-state index contributed by atoms with van der Waals surface area (Å²) in [6, 6.07) is 10.9. The van der Waals surface area contributed by atoms with Gasteiger partial charge in [0.2, 0.25) is 0 Å². The summed E-state index contributed by atoms with van der Waals surface area (Å²) in [5.74, 6) is 1.21. The molecule has 2 fully saturated rings. The summed E-state index contributed by atoms with van der Waals surface area (Å²) in [6.45, 7) is -0.372. The normalized spacial score (nSPS) is 24.4. The van der Waals surface area contributed by atoms with Crippen LogP contribution in [0.3, 0.4) is 0 Å². The quantitative estimate of drug-likeness (QED) is 0.595. The Balaban J connectivity index is 1.50. The Labute approximate surface area is 142 Å². The number of hydrogen-bond acceptors (Lipinski definition) is 4. The Kier molecular flexibility index (Phi) is 5.14. The molecule has 5 heteroatoms. The molecule has 3 unspecified atom stereocenters. The molecule has 3 atom stereocenters. The number of nitrogens with zero attached hydrogens (tertiary/aromatic N) is 2. The van der Waals surface area contributed by atoms with E-state index in [9.17, 15) is 9.59 Å². The molecular weight excluding hydrogens is 304 g/mol. The SMILES string of the molecule is N#CCN(C(=O)COC(=O)CC1CC2CCC1C2)c1ccccc1. The van der Waals surface area contributed by atoms with Crippen molar-refractivity contribution >= 4 is 17.6 Å². The number of amides is 1. The van der Waals surface area contributed by atoms with Gasteiger partial charge in [-0.25, -0.2) is 0 Å². The molecule has 3 rings (SSSR count). The Bertz CT molecular complexity index is 638. The van der Waals surface area contributed by atoms with Crippen LogP contribution < -0.4 is 4.90 Å². The van der Waals surface area contributed by atoms with E-state index in [2.05, 4.69) is 0 Å². The van der Waals surface area contributed by atoms with Crippen LogP contribution in [-0.2, 0) is 14.3 Å². The highest BCUT2D eigenvalue weighted by Gasteiger charge is 2.40. The van der Waals surface area contributed by atoms with Gasteiger partial charge in [-0.1, -0.05) is 24.6 Å². The standard InChI is InChI=1S/C19H22N2O3/c20-8-9-21(17-4-2-1-3-5-17)18(22)13-24-19(23)12-16-11-14-6-7-15(16)10-14/h1-5,14-16H,6-7,9-13H2. The van der Waals surface area contributed by atoms with Crippen molar-refractivity contribution in [3.05, 3.63) is 30.3 Å².